The monoisotopic (exact) mass is 294 g/mol. The Kier molecular flexibility index (Phi) is 7.54. The van der Waals surface area contributed by atoms with Crippen LogP contribution >= 0.6 is 0 Å². The van der Waals surface area contributed by atoms with Crippen LogP contribution in [-0.2, 0) is 14.8 Å². The molecule has 0 aromatic carbocycles. The molecule has 0 aliphatic carbocycles. The molecule has 0 aliphatic rings. The second-order valence-corrected chi connectivity index (χ2v) is 7.41. The Balaban J connectivity index is 4.55. The van der Waals surface area contributed by atoms with Gasteiger partial charge in [0.15, 0.2) is 0 Å². The van der Waals surface area contributed by atoms with Gasteiger partial charge in [-0.2, -0.15) is 0 Å². The van der Waals surface area contributed by atoms with Gasteiger partial charge in [0.2, 0.25) is 15.9 Å². The molecule has 2 unspecified atom stereocenters. The van der Waals surface area contributed by atoms with Gasteiger partial charge < -0.3 is 10.4 Å². The number of aliphatic hydroxyl groups excluding tert-OH is 1. The van der Waals surface area contributed by atoms with Crippen molar-refractivity contribution in [1.29, 1.82) is 0 Å². The van der Waals surface area contributed by atoms with Crippen LogP contribution in [0.25, 0.3) is 0 Å². The molecule has 0 saturated carbocycles. The van der Waals surface area contributed by atoms with Crippen LogP contribution in [0.1, 0.15) is 34.1 Å². The summed E-state index contributed by atoms with van der Waals surface area (Å²) in [7, 11) is -3.44. The average Bonchev–Trinajstić information content (AvgIpc) is 2.21. The zero-order chi connectivity index (χ0) is 15.2. The fourth-order valence-electron chi connectivity index (χ4n) is 1.50. The normalized spacial score (nSPS) is 15.6. The number of amides is 1. The van der Waals surface area contributed by atoms with Crippen molar-refractivity contribution in [3.05, 3.63) is 0 Å². The number of sulfonamides is 1. The van der Waals surface area contributed by atoms with Gasteiger partial charge in [0.25, 0.3) is 0 Å². The number of carbonyl (C=O) groups is 1. The Morgan fingerprint density at radius 3 is 2.11 bits per heavy atom. The van der Waals surface area contributed by atoms with Crippen molar-refractivity contribution in [2.75, 3.05) is 12.8 Å². The van der Waals surface area contributed by atoms with Crippen LogP contribution in [0.4, 0.5) is 0 Å². The van der Waals surface area contributed by atoms with Gasteiger partial charge in [-0.3, -0.25) is 4.79 Å². The molecule has 19 heavy (non-hydrogen) atoms. The zero-order valence-electron chi connectivity index (χ0n) is 12.3. The van der Waals surface area contributed by atoms with Crippen molar-refractivity contribution in [3.8, 4) is 0 Å². The van der Waals surface area contributed by atoms with Crippen molar-refractivity contribution in [1.82, 2.24) is 10.0 Å². The first-order valence-electron chi connectivity index (χ1n) is 6.46. The Morgan fingerprint density at radius 1 is 1.21 bits per heavy atom. The zero-order valence-corrected chi connectivity index (χ0v) is 13.1. The SMILES string of the molecule is CC(C)CC(NS(C)(=O)=O)C(=O)NCC(O)C(C)C. The van der Waals surface area contributed by atoms with E-state index in [1.54, 1.807) is 0 Å². The lowest BCUT2D eigenvalue weighted by Gasteiger charge is -2.21. The predicted octanol–water partition coefficient (Wildman–Crippen LogP) is 0.0834. The largest absolute Gasteiger partial charge is 0.391 e. The summed E-state index contributed by atoms with van der Waals surface area (Å²) in [4.78, 5) is 11.9. The maximum atomic E-state index is 11.9. The van der Waals surface area contributed by atoms with Crippen LogP contribution in [0.15, 0.2) is 0 Å². The van der Waals surface area contributed by atoms with Gasteiger partial charge in [-0.15, -0.1) is 0 Å². The molecule has 0 radical (unpaired) electrons. The fraction of sp³-hybridized carbons (Fsp3) is 0.917. The first kappa shape index (κ1) is 18.3. The van der Waals surface area contributed by atoms with Gasteiger partial charge in [-0.05, 0) is 18.3 Å². The maximum absolute atomic E-state index is 11.9. The van der Waals surface area contributed by atoms with E-state index in [0.717, 1.165) is 6.26 Å². The number of hydrogen-bond acceptors (Lipinski definition) is 4. The minimum absolute atomic E-state index is 0.0340. The third-order valence-electron chi connectivity index (χ3n) is 2.63. The summed E-state index contributed by atoms with van der Waals surface area (Å²) >= 11 is 0. The fourth-order valence-corrected chi connectivity index (χ4v) is 2.22. The minimum atomic E-state index is -3.44. The lowest BCUT2D eigenvalue weighted by atomic mass is 10.0. The highest BCUT2D eigenvalue weighted by Crippen LogP contribution is 2.06. The molecule has 0 aromatic rings. The summed E-state index contributed by atoms with van der Waals surface area (Å²) < 4.78 is 24.8. The number of aliphatic hydroxyl groups is 1. The Bertz CT molecular complexity index is 379. The molecule has 0 spiro atoms. The molecule has 2 atom stereocenters. The van der Waals surface area contributed by atoms with Gasteiger partial charge in [-0.25, -0.2) is 13.1 Å². The average molecular weight is 294 g/mol. The summed E-state index contributed by atoms with van der Waals surface area (Å²) in [6.45, 7) is 7.63. The molecule has 0 heterocycles. The van der Waals surface area contributed by atoms with Gasteiger partial charge in [-0.1, -0.05) is 27.7 Å². The van der Waals surface area contributed by atoms with Crippen molar-refractivity contribution >= 4 is 15.9 Å². The minimum Gasteiger partial charge on any atom is -0.391 e. The van der Waals surface area contributed by atoms with Crippen LogP contribution in [-0.4, -0.2) is 44.4 Å². The molecule has 0 fully saturated rings. The third kappa shape index (κ3) is 8.96. The van der Waals surface area contributed by atoms with Crippen LogP contribution in [0, 0.1) is 11.8 Å². The summed E-state index contributed by atoms with van der Waals surface area (Å²) in [6, 6.07) is -0.797. The van der Waals surface area contributed by atoms with E-state index < -0.39 is 28.1 Å². The Morgan fingerprint density at radius 2 is 1.74 bits per heavy atom. The van der Waals surface area contributed by atoms with E-state index in [4.69, 9.17) is 0 Å². The first-order valence-corrected chi connectivity index (χ1v) is 8.35. The van der Waals surface area contributed by atoms with Gasteiger partial charge >= 0.3 is 0 Å². The molecule has 3 N–H and O–H groups in total. The summed E-state index contributed by atoms with van der Waals surface area (Å²) in [6.07, 6.45) is 0.801. The molecular formula is C12H26N2O4S. The second-order valence-electron chi connectivity index (χ2n) is 5.63. The van der Waals surface area contributed by atoms with Gasteiger partial charge in [0.05, 0.1) is 12.4 Å². The molecule has 1 amide bonds. The molecule has 0 bridgehead atoms. The molecular weight excluding hydrogens is 268 g/mol. The summed E-state index contributed by atoms with van der Waals surface area (Å²) in [5.41, 5.74) is 0. The van der Waals surface area contributed by atoms with Gasteiger partial charge in [0.1, 0.15) is 6.04 Å². The number of rotatable bonds is 8. The third-order valence-corrected chi connectivity index (χ3v) is 3.35. The van der Waals surface area contributed by atoms with E-state index in [9.17, 15) is 18.3 Å². The lowest BCUT2D eigenvalue weighted by Crippen LogP contribution is -2.49. The predicted molar refractivity (Wildman–Crippen MR) is 75.1 cm³/mol. The second kappa shape index (κ2) is 7.81. The van der Waals surface area contributed by atoms with E-state index in [1.807, 2.05) is 27.7 Å². The maximum Gasteiger partial charge on any atom is 0.238 e. The lowest BCUT2D eigenvalue weighted by molar-refractivity contribution is -0.123. The van der Waals surface area contributed by atoms with Crippen molar-refractivity contribution in [3.63, 3.8) is 0 Å². The van der Waals surface area contributed by atoms with Crippen molar-refractivity contribution in [2.45, 2.75) is 46.3 Å². The summed E-state index contributed by atoms with van der Waals surface area (Å²) in [5, 5.41) is 12.2. The Hall–Kier alpha value is -0.660. The first-order chi connectivity index (χ1) is 8.53. The summed E-state index contributed by atoms with van der Waals surface area (Å²) in [5.74, 6) is -0.189. The van der Waals surface area contributed by atoms with Crippen LogP contribution in [0.2, 0.25) is 0 Å². The molecule has 6 nitrogen and oxygen atoms in total. The van der Waals surface area contributed by atoms with Crippen LogP contribution in [0.3, 0.4) is 0 Å². The molecule has 7 heteroatoms. The van der Waals surface area contributed by atoms with Crippen LogP contribution < -0.4 is 10.0 Å². The van der Waals surface area contributed by atoms with Crippen molar-refractivity contribution < 1.29 is 18.3 Å². The van der Waals surface area contributed by atoms with Crippen LogP contribution in [0.5, 0.6) is 0 Å². The standard InChI is InChI=1S/C12H26N2O4S/c1-8(2)6-10(14-19(5,17)18)12(16)13-7-11(15)9(3)4/h8-11,14-15H,6-7H2,1-5H3,(H,13,16). The van der Waals surface area contributed by atoms with E-state index in [1.165, 1.54) is 0 Å². The molecule has 0 aromatic heterocycles. The number of hydrogen-bond donors (Lipinski definition) is 3. The van der Waals surface area contributed by atoms with E-state index in [0.29, 0.717) is 6.42 Å². The van der Waals surface area contributed by atoms with E-state index >= 15 is 0 Å². The quantitative estimate of drug-likeness (QED) is 0.591. The Labute approximate surface area is 116 Å². The highest BCUT2D eigenvalue weighted by molar-refractivity contribution is 7.88. The van der Waals surface area contributed by atoms with E-state index in [-0.39, 0.29) is 18.4 Å². The highest BCUT2D eigenvalue weighted by atomic mass is 32.2. The molecule has 0 aliphatic heterocycles. The smallest absolute Gasteiger partial charge is 0.238 e. The topological polar surface area (TPSA) is 95.5 Å². The van der Waals surface area contributed by atoms with E-state index in [2.05, 4.69) is 10.0 Å². The number of carbonyl (C=O) groups excluding carboxylic acids is 1. The molecule has 0 saturated heterocycles. The van der Waals surface area contributed by atoms with Gasteiger partial charge in [0, 0.05) is 6.54 Å². The van der Waals surface area contributed by atoms with Crippen molar-refractivity contribution in [2.24, 2.45) is 11.8 Å². The number of nitrogens with one attached hydrogen (secondary N) is 2. The molecule has 114 valence electrons. The highest BCUT2D eigenvalue weighted by Gasteiger charge is 2.23. The molecule has 0 rings (SSSR count).